The lowest BCUT2D eigenvalue weighted by Gasteiger charge is -2.32. The molecule has 0 spiro atoms. The van der Waals surface area contributed by atoms with Gasteiger partial charge in [0, 0.05) is 32.3 Å². The van der Waals surface area contributed by atoms with Gasteiger partial charge in [-0.3, -0.25) is 4.90 Å². The van der Waals surface area contributed by atoms with Crippen molar-refractivity contribution < 1.29 is 9.84 Å². The van der Waals surface area contributed by atoms with Crippen molar-refractivity contribution in [2.24, 2.45) is 5.73 Å². The summed E-state index contributed by atoms with van der Waals surface area (Å²) >= 11 is 0. The minimum Gasteiger partial charge on any atom is -0.394 e. The van der Waals surface area contributed by atoms with Crippen molar-refractivity contribution >= 4 is 0 Å². The predicted octanol–water partition coefficient (Wildman–Crippen LogP) is -0.439. The van der Waals surface area contributed by atoms with Crippen LogP contribution in [0.1, 0.15) is 19.3 Å². The summed E-state index contributed by atoms with van der Waals surface area (Å²) in [5, 5.41) is 9.17. The van der Waals surface area contributed by atoms with Gasteiger partial charge in [0.15, 0.2) is 0 Å². The highest BCUT2D eigenvalue weighted by Gasteiger charge is 2.37. The summed E-state index contributed by atoms with van der Waals surface area (Å²) in [6.07, 6.45) is 3.14. The molecule has 2 heterocycles. The van der Waals surface area contributed by atoms with E-state index in [-0.39, 0.29) is 12.1 Å². The van der Waals surface area contributed by atoms with E-state index in [4.69, 9.17) is 15.6 Å². The van der Waals surface area contributed by atoms with Gasteiger partial charge in [-0.25, -0.2) is 0 Å². The average Bonchev–Trinajstić information content (AvgIpc) is 2.63. The van der Waals surface area contributed by atoms with Crippen molar-refractivity contribution in [3.8, 4) is 0 Å². The molecule has 2 saturated heterocycles. The second-order valence-electron chi connectivity index (χ2n) is 4.58. The molecule has 82 valence electrons. The number of hydrogen-bond donors (Lipinski definition) is 2. The first-order chi connectivity index (χ1) is 6.73. The maximum atomic E-state index is 9.17. The Hall–Kier alpha value is -0.160. The lowest BCUT2D eigenvalue weighted by Crippen LogP contribution is -2.48. The van der Waals surface area contributed by atoms with Crippen LogP contribution < -0.4 is 5.73 Å². The molecule has 2 rings (SSSR count). The largest absolute Gasteiger partial charge is 0.394 e. The van der Waals surface area contributed by atoms with E-state index >= 15 is 0 Å². The van der Waals surface area contributed by atoms with E-state index in [0.717, 1.165) is 45.6 Å². The second kappa shape index (κ2) is 4.14. The third-order valence-corrected chi connectivity index (χ3v) is 3.44. The molecule has 2 aliphatic heterocycles. The Balaban J connectivity index is 1.88. The zero-order valence-corrected chi connectivity index (χ0v) is 8.61. The summed E-state index contributed by atoms with van der Waals surface area (Å²) < 4.78 is 5.33. The summed E-state index contributed by atoms with van der Waals surface area (Å²) in [7, 11) is 0. The van der Waals surface area contributed by atoms with Crippen LogP contribution in [0.3, 0.4) is 0 Å². The van der Waals surface area contributed by atoms with Gasteiger partial charge in [0.2, 0.25) is 0 Å². The fourth-order valence-corrected chi connectivity index (χ4v) is 2.42. The fourth-order valence-electron chi connectivity index (χ4n) is 2.42. The summed E-state index contributed by atoms with van der Waals surface area (Å²) in [5.41, 5.74) is 5.68. The standard InChI is InChI=1S/C10H20N2O2/c11-10(8-13)3-4-12(7-10)9-1-5-14-6-2-9/h9,13H,1-8,11H2. The molecule has 4 nitrogen and oxygen atoms in total. The van der Waals surface area contributed by atoms with E-state index < -0.39 is 0 Å². The molecule has 0 radical (unpaired) electrons. The van der Waals surface area contributed by atoms with Crippen LogP contribution >= 0.6 is 0 Å². The number of rotatable bonds is 2. The van der Waals surface area contributed by atoms with E-state index in [1.807, 2.05) is 0 Å². The fraction of sp³-hybridized carbons (Fsp3) is 1.00. The molecule has 4 heteroatoms. The topological polar surface area (TPSA) is 58.7 Å². The monoisotopic (exact) mass is 200 g/mol. The normalized spacial score (nSPS) is 36.4. The zero-order chi connectivity index (χ0) is 10.0. The van der Waals surface area contributed by atoms with Crippen LogP contribution in [0.5, 0.6) is 0 Å². The van der Waals surface area contributed by atoms with Crippen molar-refractivity contribution in [3.63, 3.8) is 0 Å². The Morgan fingerprint density at radius 3 is 2.71 bits per heavy atom. The Kier molecular flexibility index (Phi) is 3.07. The van der Waals surface area contributed by atoms with Crippen LogP contribution in [0, 0.1) is 0 Å². The van der Waals surface area contributed by atoms with Crippen molar-refractivity contribution in [1.82, 2.24) is 4.90 Å². The molecule has 2 fully saturated rings. The molecule has 2 aliphatic rings. The van der Waals surface area contributed by atoms with Gasteiger partial charge in [0.25, 0.3) is 0 Å². The van der Waals surface area contributed by atoms with Crippen molar-refractivity contribution in [2.75, 3.05) is 32.9 Å². The lowest BCUT2D eigenvalue weighted by atomic mass is 10.0. The van der Waals surface area contributed by atoms with Gasteiger partial charge in [0.1, 0.15) is 0 Å². The Bertz CT molecular complexity index is 195. The van der Waals surface area contributed by atoms with E-state index in [1.165, 1.54) is 0 Å². The van der Waals surface area contributed by atoms with E-state index in [0.29, 0.717) is 6.04 Å². The Morgan fingerprint density at radius 1 is 1.43 bits per heavy atom. The van der Waals surface area contributed by atoms with Crippen molar-refractivity contribution in [3.05, 3.63) is 0 Å². The predicted molar refractivity (Wildman–Crippen MR) is 54.0 cm³/mol. The van der Waals surface area contributed by atoms with Gasteiger partial charge in [-0.05, 0) is 19.3 Å². The first kappa shape index (κ1) is 10.4. The number of aliphatic hydroxyl groups is 1. The quantitative estimate of drug-likeness (QED) is 0.634. The highest BCUT2D eigenvalue weighted by molar-refractivity contribution is 4.96. The minimum absolute atomic E-state index is 0.104. The smallest absolute Gasteiger partial charge is 0.0624 e. The molecule has 0 aromatic carbocycles. The van der Waals surface area contributed by atoms with Crippen LogP contribution in [-0.2, 0) is 4.74 Å². The third kappa shape index (κ3) is 2.08. The summed E-state index contributed by atoms with van der Waals surface area (Å²) in [6.45, 7) is 3.72. The molecule has 0 saturated carbocycles. The number of nitrogens with two attached hydrogens (primary N) is 1. The highest BCUT2D eigenvalue weighted by Crippen LogP contribution is 2.24. The van der Waals surface area contributed by atoms with E-state index in [1.54, 1.807) is 0 Å². The van der Waals surface area contributed by atoms with Gasteiger partial charge in [-0.1, -0.05) is 0 Å². The summed E-state index contributed by atoms with van der Waals surface area (Å²) in [6, 6.07) is 0.626. The molecule has 0 aromatic rings. The Morgan fingerprint density at radius 2 is 2.14 bits per heavy atom. The minimum atomic E-state index is -0.349. The maximum Gasteiger partial charge on any atom is 0.0624 e. The molecule has 0 aliphatic carbocycles. The van der Waals surface area contributed by atoms with Crippen LogP contribution in [0.15, 0.2) is 0 Å². The van der Waals surface area contributed by atoms with Crippen LogP contribution in [0.25, 0.3) is 0 Å². The summed E-state index contributed by atoms with van der Waals surface area (Å²) in [5.74, 6) is 0. The van der Waals surface area contributed by atoms with Gasteiger partial charge < -0.3 is 15.6 Å². The van der Waals surface area contributed by atoms with Crippen LogP contribution in [0.4, 0.5) is 0 Å². The van der Waals surface area contributed by atoms with Crippen molar-refractivity contribution in [1.29, 1.82) is 0 Å². The van der Waals surface area contributed by atoms with Gasteiger partial charge in [-0.15, -0.1) is 0 Å². The zero-order valence-electron chi connectivity index (χ0n) is 8.61. The van der Waals surface area contributed by atoms with Crippen LogP contribution in [-0.4, -0.2) is 54.5 Å². The van der Waals surface area contributed by atoms with E-state index in [2.05, 4.69) is 4.90 Å². The number of aliphatic hydroxyl groups excluding tert-OH is 1. The number of likely N-dealkylation sites (tertiary alicyclic amines) is 1. The molecular weight excluding hydrogens is 180 g/mol. The highest BCUT2D eigenvalue weighted by atomic mass is 16.5. The molecule has 1 atom stereocenters. The first-order valence-corrected chi connectivity index (χ1v) is 5.45. The molecule has 0 aromatic heterocycles. The van der Waals surface area contributed by atoms with Gasteiger partial charge in [-0.2, -0.15) is 0 Å². The lowest BCUT2D eigenvalue weighted by molar-refractivity contribution is 0.0391. The second-order valence-corrected chi connectivity index (χ2v) is 4.58. The molecule has 0 bridgehead atoms. The van der Waals surface area contributed by atoms with Crippen molar-refractivity contribution in [2.45, 2.75) is 30.8 Å². The van der Waals surface area contributed by atoms with Gasteiger partial charge in [0.05, 0.1) is 12.1 Å². The molecular formula is C10H20N2O2. The molecule has 0 amide bonds. The molecule has 3 N–H and O–H groups in total. The maximum absolute atomic E-state index is 9.17. The number of nitrogens with zero attached hydrogens (tertiary/aromatic N) is 1. The Labute approximate surface area is 85.0 Å². The van der Waals surface area contributed by atoms with Crippen LogP contribution in [0.2, 0.25) is 0 Å². The molecule has 14 heavy (non-hydrogen) atoms. The number of hydrogen-bond acceptors (Lipinski definition) is 4. The van der Waals surface area contributed by atoms with E-state index in [9.17, 15) is 0 Å². The summed E-state index contributed by atoms with van der Waals surface area (Å²) in [4.78, 5) is 2.42. The third-order valence-electron chi connectivity index (χ3n) is 3.44. The van der Waals surface area contributed by atoms with Gasteiger partial charge >= 0.3 is 0 Å². The first-order valence-electron chi connectivity index (χ1n) is 5.45. The number of ether oxygens (including phenoxy) is 1. The molecule has 1 unspecified atom stereocenters. The average molecular weight is 200 g/mol. The SMILES string of the molecule is NC1(CO)CCN(C2CCOCC2)C1.